The van der Waals surface area contributed by atoms with E-state index in [4.69, 9.17) is 11.6 Å². The van der Waals surface area contributed by atoms with E-state index < -0.39 is 23.8 Å². The van der Waals surface area contributed by atoms with Crippen molar-refractivity contribution in [1.82, 2.24) is 0 Å². The number of rotatable bonds is 6. The molecule has 2 rings (SSSR count). The molecule has 0 aromatic heterocycles. The lowest BCUT2D eigenvalue weighted by Crippen LogP contribution is -2.25. The first-order chi connectivity index (χ1) is 10.9. The van der Waals surface area contributed by atoms with Gasteiger partial charge in [0.15, 0.2) is 5.78 Å². The molecule has 2 aromatic rings. The van der Waals surface area contributed by atoms with E-state index in [-0.39, 0.29) is 12.8 Å². The Kier molecular flexibility index (Phi) is 5.88. The molecule has 0 heterocycles. The van der Waals surface area contributed by atoms with Gasteiger partial charge in [0.05, 0.1) is 6.10 Å². The van der Waals surface area contributed by atoms with E-state index in [0.29, 0.717) is 10.6 Å². The first-order valence-electron chi connectivity index (χ1n) is 7.26. The maximum Gasteiger partial charge on any atom is 0.165 e. The third-order valence-corrected chi connectivity index (χ3v) is 3.98. The van der Waals surface area contributed by atoms with Gasteiger partial charge in [-0.1, -0.05) is 29.8 Å². The molecule has 0 aliphatic heterocycles. The third-order valence-electron chi connectivity index (χ3n) is 3.75. The second-order valence-electron chi connectivity index (χ2n) is 5.53. The van der Waals surface area contributed by atoms with Crippen molar-refractivity contribution in [3.63, 3.8) is 0 Å². The molecule has 0 saturated carbocycles. The lowest BCUT2D eigenvalue weighted by atomic mass is 9.96. The number of ketones is 1. The van der Waals surface area contributed by atoms with E-state index in [9.17, 15) is 19.4 Å². The lowest BCUT2D eigenvalue weighted by molar-refractivity contribution is -0.128. The fraction of sp³-hybridized carbons (Fsp3) is 0.278. The van der Waals surface area contributed by atoms with Gasteiger partial charge in [-0.3, -0.25) is 4.79 Å². The summed E-state index contributed by atoms with van der Waals surface area (Å²) in [6, 6.07) is 10.5. The summed E-state index contributed by atoms with van der Waals surface area (Å²) in [5.41, 5.74) is 2.11. The van der Waals surface area contributed by atoms with E-state index in [0.717, 1.165) is 11.1 Å². The van der Waals surface area contributed by atoms with E-state index in [1.54, 1.807) is 12.1 Å². The molecule has 0 aliphatic rings. The van der Waals surface area contributed by atoms with Crippen LogP contribution in [-0.4, -0.2) is 22.1 Å². The smallest absolute Gasteiger partial charge is 0.165 e. The summed E-state index contributed by atoms with van der Waals surface area (Å²) in [6.45, 7) is 1.86. The number of carbonyl (C=O) groups is 1. The molecule has 2 atom stereocenters. The SMILES string of the molecule is Cc1ccc(Cl)cc1CC(=O)[C@@H](O)C[C@H](O)c1ccc(F)cc1. The standard InChI is InChI=1S/C18H18ClFO3/c1-11-2-5-14(19)8-13(11)9-17(22)18(23)10-16(21)12-3-6-15(20)7-4-12/h2-8,16,18,21,23H,9-10H2,1H3/t16-,18-/m0/s1. The maximum atomic E-state index is 12.9. The molecule has 0 saturated heterocycles. The molecule has 23 heavy (non-hydrogen) atoms. The minimum Gasteiger partial charge on any atom is -0.388 e. The number of aryl methyl sites for hydroxylation is 1. The van der Waals surface area contributed by atoms with Crippen LogP contribution in [0.4, 0.5) is 4.39 Å². The molecular formula is C18H18ClFO3. The zero-order chi connectivity index (χ0) is 17.0. The normalized spacial score (nSPS) is 13.6. The van der Waals surface area contributed by atoms with Crippen LogP contribution in [0.1, 0.15) is 29.2 Å². The van der Waals surface area contributed by atoms with Crippen molar-refractivity contribution in [2.24, 2.45) is 0 Å². The Hall–Kier alpha value is -1.75. The Morgan fingerprint density at radius 2 is 1.83 bits per heavy atom. The van der Waals surface area contributed by atoms with E-state index in [1.165, 1.54) is 24.3 Å². The monoisotopic (exact) mass is 336 g/mol. The summed E-state index contributed by atoms with van der Waals surface area (Å²) in [7, 11) is 0. The molecule has 2 aromatic carbocycles. The van der Waals surface area contributed by atoms with Crippen molar-refractivity contribution in [2.45, 2.75) is 32.0 Å². The van der Waals surface area contributed by atoms with Crippen LogP contribution in [-0.2, 0) is 11.2 Å². The van der Waals surface area contributed by atoms with Crippen LogP contribution in [0.2, 0.25) is 5.02 Å². The fourth-order valence-corrected chi connectivity index (χ4v) is 2.49. The number of halogens is 2. The average Bonchev–Trinajstić information content (AvgIpc) is 2.51. The van der Waals surface area contributed by atoms with E-state index in [1.807, 2.05) is 13.0 Å². The van der Waals surface area contributed by atoms with Crippen molar-refractivity contribution in [3.05, 3.63) is 70.0 Å². The van der Waals surface area contributed by atoms with Crippen LogP contribution in [0.5, 0.6) is 0 Å². The van der Waals surface area contributed by atoms with Crippen molar-refractivity contribution < 1.29 is 19.4 Å². The predicted octanol–water partition coefficient (Wildman–Crippen LogP) is 3.38. The van der Waals surface area contributed by atoms with Gasteiger partial charge in [-0.2, -0.15) is 0 Å². The topological polar surface area (TPSA) is 57.5 Å². The van der Waals surface area contributed by atoms with Crippen LogP contribution in [0.25, 0.3) is 0 Å². The highest BCUT2D eigenvalue weighted by Gasteiger charge is 2.21. The number of hydrogen-bond acceptors (Lipinski definition) is 3. The number of hydrogen-bond donors (Lipinski definition) is 2. The number of aliphatic hydroxyl groups is 2. The van der Waals surface area contributed by atoms with Gasteiger partial charge in [-0.25, -0.2) is 4.39 Å². The Morgan fingerprint density at radius 3 is 2.48 bits per heavy atom. The molecule has 0 aliphatic carbocycles. The van der Waals surface area contributed by atoms with Gasteiger partial charge in [0.1, 0.15) is 11.9 Å². The molecule has 0 spiro atoms. The van der Waals surface area contributed by atoms with Crippen LogP contribution < -0.4 is 0 Å². The Morgan fingerprint density at radius 1 is 1.17 bits per heavy atom. The Labute approximate surface area is 139 Å². The molecule has 122 valence electrons. The summed E-state index contributed by atoms with van der Waals surface area (Å²) in [5, 5.41) is 20.6. The van der Waals surface area contributed by atoms with Crippen LogP contribution in [0.3, 0.4) is 0 Å². The minimum absolute atomic E-state index is 0.0453. The zero-order valence-electron chi connectivity index (χ0n) is 12.7. The summed E-state index contributed by atoms with van der Waals surface area (Å²) in [5.74, 6) is -0.800. The first-order valence-corrected chi connectivity index (χ1v) is 7.64. The van der Waals surface area contributed by atoms with Crippen LogP contribution >= 0.6 is 11.6 Å². The highest BCUT2D eigenvalue weighted by Crippen LogP contribution is 2.21. The molecule has 0 unspecified atom stereocenters. The van der Waals surface area contributed by atoms with E-state index in [2.05, 4.69) is 0 Å². The quantitative estimate of drug-likeness (QED) is 0.850. The zero-order valence-corrected chi connectivity index (χ0v) is 13.4. The second kappa shape index (κ2) is 7.68. The molecule has 3 nitrogen and oxygen atoms in total. The number of carbonyl (C=O) groups excluding carboxylic acids is 1. The Bertz CT molecular complexity index is 685. The fourth-order valence-electron chi connectivity index (χ4n) is 2.30. The molecule has 0 fully saturated rings. The molecular weight excluding hydrogens is 319 g/mol. The van der Waals surface area contributed by atoms with Gasteiger partial charge in [0.2, 0.25) is 0 Å². The summed E-state index contributed by atoms with van der Waals surface area (Å²) < 4.78 is 12.9. The van der Waals surface area contributed by atoms with Crippen molar-refractivity contribution in [3.8, 4) is 0 Å². The van der Waals surface area contributed by atoms with Gasteiger partial charge in [-0.15, -0.1) is 0 Å². The number of Topliss-reactive ketones (excluding diaryl/α,β-unsaturated/α-hetero) is 1. The summed E-state index contributed by atoms with van der Waals surface area (Å²) >= 11 is 5.91. The second-order valence-corrected chi connectivity index (χ2v) is 5.97. The number of benzene rings is 2. The van der Waals surface area contributed by atoms with E-state index >= 15 is 0 Å². The van der Waals surface area contributed by atoms with Crippen LogP contribution in [0.15, 0.2) is 42.5 Å². The summed E-state index contributed by atoms with van der Waals surface area (Å²) in [4.78, 5) is 12.1. The highest BCUT2D eigenvalue weighted by atomic mass is 35.5. The summed E-state index contributed by atoms with van der Waals surface area (Å²) in [6.07, 6.45) is -2.42. The minimum atomic E-state index is -1.30. The maximum absolute atomic E-state index is 12.9. The molecule has 2 N–H and O–H groups in total. The molecule has 0 radical (unpaired) electrons. The number of aliphatic hydroxyl groups excluding tert-OH is 2. The first kappa shape index (κ1) is 17.6. The molecule has 0 amide bonds. The van der Waals surface area contributed by atoms with Gasteiger partial charge >= 0.3 is 0 Å². The highest BCUT2D eigenvalue weighted by molar-refractivity contribution is 6.30. The van der Waals surface area contributed by atoms with Crippen molar-refractivity contribution >= 4 is 17.4 Å². The van der Waals surface area contributed by atoms with Crippen LogP contribution in [0, 0.1) is 12.7 Å². The predicted molar refractivity (Wildman–Crippen MR) is 86.9 cm³/mol. The molecule has 5 heteroatoms. The third kappa shape index (κ3) is 4.86. The van der Waals surface area contributed by atoms with Gasteiger partial charge in [0, 0.05) is 17.9 Å². The van der Waals surface area contributed by atoms with Gasteiger partial charge < -0.3 is 10.2 Å². The van der Waals surface area contributed by atoms with Crippen molar-refractivity contribution in [1.29, 1.82) is 0 Å². The van der Waals surface area contributed by atoms with Gasteiger partial charge in [0.25, 0.3) is 0 Å². The lowest BCUT2D eigenvalue weighted by Gasteiger charge is -2.16. The van der Waals surface area contributed by atoms with Crippen molar-refractivity contribution in [2.75, 3.05) is 0 Å². The van der Waals surface area contributed by atoms with Gasteiger partial charge in [-0.05, 0) is 47.9 Å². The largest absolute Gasteiger partial charge is 0.388 e. The average molecular weight is 337 g/mol. The Balaban J connectivity index is 1.99. The molecule has 0 bridgehead atoms.